The highest BCUT2D eigenvalue weighted by Gasteiger charge is 2.24. The van der Waals surface area contributed by atoms with Gasteiger partial charge in [0.1, 0.15) is 63.0 Å². The molecule has 9 heterocycles. The minimum absolute atomic E-state index is 0.686. The quantitative estimate of drug-likeness (QED) is 0.111. The molecule has 19 aromatic carbocycles. The summed E-state index contributed by atoms with van der Waals surface area (Å²) in [6, 6.07) is 159. The summed E-state index contributed by atoms with van der Waals surface area (Å²) in [5.74, 6) is 0.686. The zero-order valence-electron chi connectivity index (χ0n) is 74.0. The van der Waals surface area contributed by atoms with Gasteiger partial charge in [-0.25, -0.2) is 29.9 Å². The molecule has 28 rings (SSSR count). The molecule has 12 heteroatoms. The van der Waals surface area contributed by atoms with Crippen LogP contribution in [-0.4, -0.2) is 29.9 Å². The number of rotatable bonds is 13. The summed E-state index contributed by atoms with van der Waals surface area (Å²) < 4.78 is 26.7. The zero-order chi connectivity index (χ0) is 91.1. The molecule has 0 fully saturated rings. The van der Waals surface area contributed by atoms with Gasteiger partial charge < -0.3 is 13.3 Å². The smallest absolute Gasteiger partial charge is 0.180 e. The van der Waals surface area contributed by atoms with Crippen molar-refractivity contribution in [2.24, 2.45) is 0 Å². The van der Waals surface area contributed by atoms with Crippen molar-refractivity contribution in [3.05, 3.63) is 462 Å². The Bertz CT molecular complexity index is 9580. The van der Waals surface area contributed by atoms with Gasteiger partial charge in [0, 0.05) is 104 Å². The SMILES string of the molecule is c1ccc(-c2cccc(-c3cccc4c3sc3c(-c5ccc(-c6cccc(-c7ncnc8c7oc7ccccc78)c6)cc5)cccc34)c2)cc1.c1ccc(-c2cccc3c2sc2c(-c4ccc(-c5ccc(-c6ncnc7c6oc6ccccc67)cc5)cc4)cccc23)cc1.c1ccc(-c2nc(-c3ccc(-c4ccccc4-c4cccc5c4sc4ccccc45)cc3)c3oc4ccccc4c3n2)cc1. The summed E-state index contributed by atoms with van der Waals surface area (Å²) in [5.41, 5.74) is 35.3. The lowest BCUT2D eigenvalue weighted by Crippen LogP contribution is -1.94. The largest absolute Gasteiger partial charge is 0.452 e. The minimum atomic E-state index is 0.686. The van der Waals surface area contributed by atoms with Crippen molar-refractivity contribution in [1.82, 2.24) is 29.9 Å². The van der Waals surface area contributed by atoms with E-state index in [1.165, 1.54) is 138 Å². The molecule has 0 radical (unpaired) electrons. The molecule has 646 valence electrons. The van der Waals surface area contributed by atoms with E-state index in [2.05, 4.69) is 372 Å². The van der Waals surface area contributed by atoms with Gasteiger partial charge in [-0.2, -0.15) is 0 Å². The minimum Gasteiger partial charge on any atom is -0.452 e. The van der Waals surface area contributed by atoms with Crippen molar-refractivity contribution >= 4 is 161 Å². The van der Waals surface area contributed by atoms with Crippen molar-refractivity contribution in [3.63, 3.8) is 0 Å². The topological polar surface area (TPSA) is 117 Å². The fourth-order valence-corrected chi connectivity index (χ4v) is 23.7. The van der Waals surface area contributed by atoms with Crippen LogP contribution in [0.25, 0.3) is 272 Å². The van der Waals surface area contributed by atoms with Gasteiger partial charge in [-0.05, 0) is 149 Å². The predicted octanol–water partition coefficient (Wildman–Crippen LogP) is 35.9. The molecule has 9 nitrogen and oxygen atoms in total. The number of benzene rings is 19. The maximum atomic E-state index is 6.36. The fourth-order valence-electron chi connectivity index (χ4n) is 19.7. The molecule has 138 heavy (non-hydrogen) atoms. The average molecular weight is 1820 g/mol. The third kappa shape index (κ3) is 14.5. The van der Waals surface area contributed by atoms with Crippen molar-refractivity contribution in [1.29, 1.82) is 0 Å². The molecule has 0 unspecified atom stereocenters. The van der Waals surface area contributed by atoms with E-state index >= 15 is 0 Å². The van der Waals surface area contributed by atoms with Gasteiger partial charge in [0.2, 0.25) is 0 Å². The Labute approximate surface area is 804 Å². The molecule has 0 saturated carbocycles. The van der Waals surface area contributed by atoms with Crippen molar-refractivity contribution in [3.8, 4) is 145 Å². The molecular weight excluding hydrogens is 1740 g/mol. The van der Waals surface area contributed by atoms with E-state index in [4.69, 9.17) is 23.2 Å². The Morgan fingerprint density at radius 1 is 0.167 bits per heavy atom. The van der Waals surface area contributed by atoms with Crippen LogP contribution < -0.4 is 0 Å². The lowest BCUT2D eigenvalue weighted by atomic mass is 9.93. The van der Waals surface area contributed by atoms with Crippen LogP contribution in [0.5, 0.6) is 0 Å². The van der Waals surface area contributed by atoms with Crippen LogP contribution in [0.1, 0.15) is 0 Å². The maximum Gasteiger partial charge on any atom is 0.180 e. The highest BCUT2D eigenvalue weighted by Crippen LogP contribution is 2.50. The van der Waals surface area contributed by atoms with Crippen molar-refractivity contribution in [2.45, 2.75) is 0 Å². The number of nitrogens with zero attached hydrogens (tertiary/aromatic N) is 6. The van der Waals surface area contributed by atoms with Crippen LogP contribution in [0.2, 0.25) is 0 Å². The van der Waals surface area contributed by atoms with Gasteiger partial charge in [-0.3, -0.25) is 0 Å². The molecule has 0 amide bonds. The molecule has 0 atom stereocenters. The average Bonchev–Trinajstić information content (AvgIpc) is 1.61. The van der Waals surface area contributed by atoms with Gasteiger partial charge in [-0.1, -0.05) is 394 Å². The Hall–Kier alpha value is -17.5. The summed E-state index contributed by atoms with van der Waals surface area (Å²) in [7, 11) is 0. The van der Waals surface area contributed by atoms with E-state index in [1.807, 2.05) is 131 Å². The Kier molecular flexibility index (Phi) is 20.3. The van der Waals surface area contributed by atoms with Crippen molar-refractivity contribution < 1.29 is 13.3 Å². The normalized spacial score (nSPS) is 11.6. The highest BCUT2D eigenvalue weighted by atomic mass is 32.1. The molecule has 0 aliphatic rings. The van der Waals surface area contributed by atoms with E-state index in [0.717, 1.165) is 117 Å². The standard InChI is InChI=1S/C46H28N2OS.2C40H24N2OS/c1-2-10-29(11-3-1)32-12-6-14-34(26-32)37-18-9-20-39-38-19-8-17-36(45(38)50-46(37)39)31-24-22-30(23-25-31)33-13-7-15-35(27-33)42-44-43(48-28-47-42)40-16-4-5-21-41(40)49-44;1-2-11-27(12-3-1)40-41-36(38-37(42-40)33-16-6-8-19-34(33)43-38)26-23-21-25(22-24-26)28-13-4-5-14-29(28)31-17-10-18-32-30-15-7-9-20-35(30)44-39(31)32;1-2-8-27(9-3-1)30-11-6-13-32-33-14-7-12-31(40(33)44-39(30)32)28-20-16-25(17-21-28)26-18-22-29(23-19-26)36-38-37(42-24-41-36)34-10-4-5-15-35(34)43-38/h1-28H;2*1-24H. The van der Waals surface area contributed by atoms with E-state index < -0.39 is 0 Å². The lowest BCUT2D eigenvalue weighted by Gasteiger charge is -2.12. The third-order valence-electron chi connectivity index (χ3n) is 26.4. The first-order valence-corrected chi connectivity index (χ1v) is 48.5. The lowest BCUT2D eigenvalue weighted by molar-refractivity contribution is 0.667. The number of para-hydroxylation sites is 3. The van der Waals surface area contributed by atoms with Crippen LogP contribution in [0.3, 0.4) is 0 Å². The highest BCUT2D eigenvalue weighted by molar-refractivity contribution is 7.27. The van der Waals surface area contributed by atoms with Crippen LogP contribution >= 0.6 is 34.0 Å². The third-order valence-corrected chi connectivity index (χ3v) is 30.2. The van der Waals surface area contributed by atoms with E-state index in [0.29, 0.717) is 17.0 Å². The van der Waals surface area contributed by atoms with Gasteiger partial charge in [0.15, 0.2) is 22.6 Å². The number of aromatic nitrogens is 6. The molecule has 0 aliphatic carbocycles. The number of furan rings is 3. The molecular formula is C126H76N6O3S3. The van der Waals surface area contributed by atoms with Gasteiger partial charge in [0.25, 0.3) is 0 Å². The monoisotopic (exact) mass is 1820 g/mol. The number of thiophene rings is 3. The van der Waals surface area contributed by atoms with E-state index in [9.17, 15) is 0 Å². The van der Waals surface area contributed by atoms with Gasteiger partial charge in [-0.15, -0.1) is 34.0 Å². The van der Waals surface area contributed by atoms with Crippen LogP contribution in [0.4, 0.5) is 0 Å². The van der Waals surface area contributed by atoms with Crippen LogP contribution in [-0.2, 0) is 0 Å². The molecule has 0 spiro atoms. The van der Waals surface area contributed by atoms with E-state index in [1.54, 1.807) is 12.7 Å². The Morgan fingerprint density at radius 3 is 0.971 bits per heavy atom. The fraction of sp³-hybridized carbons (Fsp3) is 0. The molecule has 9 aromatic heterocycles. The Morgan fingerprint density at radius 2 is 0.464 bits per heavy atom. The number of hydrogen-bond donors (Lipinski definition) is 0. The van der Waals surface area contributed by atoms with Crippen LogP contribution in [0, 0.1) is 0 Å². The molecule has 0 N–H and O–H groups in total. The second-order valence-electron chi connectivity index (χ2n) is 34.5. The van der Waals surface area contributed by atoms with Crippen molar-refractivity contribution in [2.75, 3.05) is 0 Å². The number of hydrogen-bond acceptors (Lipinski definition) is 12. The van der Waals surface area contributed by atoms with Crippen LogP contribution in [0.15, 0.2) is 475 Å². The van der Waals surface area contributed by atoms with Gasteiger partial charge >= 0.3 is 0 Å². The molecule has 0 aliphatic heterocycles. The summed E-state index contributed by atoms with van der Waals surface area (Å²) >= 11 is 5.64. The van der Waals surface area contributed by atoms with Gasteiger partial charge in [0.05, 0.1) is 0 Å². The first-order valence-electron chi connectivity index (χ1n) is 46.0. The molecule has 0 saturated heterocycles. The second kappa shape index (κ2) is 34.5. The second-order valence-corrected chi connectivity index (χ2v) is 37.6. The summed E-state index contributed by atoms with van der Waals surface area (Å²) in [4.78, 5) is 28.3. The summed E-state index contributed by atoms with van der Waals surface area (Å²) in [6.45, 7) is 0. The Balaban J connectivity index is 0.000000107. The summed E-state index contributed by atoms with van der Waals surface area (Å²) in [6.07, 6.45) is 3.24. The number of fused-ring (bicyclic) bond motifs is 18. The summed E-state index contributed by atoms with van der Waals surface area (Å²) in [5, 5.41) is 10.8. The molecule has 0 bridgehead atoms. The van der Waals surface area contributed by atoms with E-state index in [-0.39, 0.29) is 0 Å². The first-order chi connectivity index (χ1) is 68.4. The predicted molar refractivity (Wildman–Crippen MR) is 577 cm³/mol. The molecule has 28 aromatic rings. The maximum absolute atomic E-state index is 6.36. The zero-order valence-corrected chi connectivity index (χ0v) is 76.5. The first kappa shape index (κ1) is 81.3.